The van der Waals surface area contributed by atoms with Gasteiger partial charge in [-0.2, -0.15) is 0 Å². The molecule has 0 fully saturated rings. The number of aryl methyl sites for hydroxylation is 1. The number of carbonyl (C=O) groups is 1. The molecule has 2 aromatic rings. The van der Waals surface area contributed by atoms with E-state index in [-0.39, 0.29) is 30.3 Å². The number of nitrogens with one attached hydrogen (secondary N) is 2. The van der Waals surface area contributed by atoms with Crippen LogP contribution in [0.4, 0.5) is 4.39 Å². The van der Waals surface area contributed by atoms with Crippen LogP contribution in [0.25, 0.3) is 0 Å². The second-order valence-corrected chi connectivity index (χ2v) is 8.11. The minimum atomic E-state index is -3.63. The summed E-state index contributed by atoms with van der Waals surface area (Å²) in [5.74, 6) is -1.11. The van der Waals surface area contributed by atoms with Gasteiger partial charge in [0, 0.05) is 17.6 Å². The first-order valence-corrected chi connectivity index (χ1v) is 9.96. The monoisotopic (exact) mass is 444 g/mol. The van der Waals surface area contributed by atoms with Crippen LogP contribution in [0.5, 0.6) is 5.75 Å². The molecule has 0 radical (unpaired) electrons. The van der Waals surface area contributed by atoms with Gasteiger partial charge in [-0.1, -0.05) is 33.6 Å². The third kappa shape index (κ3) is 6.08. The average Bonchev–Trinajstić information content (AvgIpc) is 2.58. The number of carbonyl (C=O) groups excluding carboxylic acids is 1. The quantitative estimate of drug-likeness (QED) is 0.612. The lowest BCUT2D eigenvalue weighted by atomic mass is 10.2. The van der Waals surface area contributed by atoms with E-state index in [2.05, 4.69) is 26.0 Å². The van der Waals surface area contributed by atoms with Crippen molar-refractivity contribution in [3.8, 4) is 5.75 Å². The molecule has 26 heavy (non-hydrogen) atoms. The van der Waals surface area contributed by atoms with E-state index in [9.17, 15) is 17.6 Å². The fourth-order valence-electron chi connectivity index (χ4n) is 1.97. The first-order valence-electron chi connectivity index (χ1n) is 7.69. The van der Waals surface area contributed by atoms with Crippen LogP contribution in [0.15, 0.2) is 51.8 Å². The van der Waals surface area contributed by atoms with Crippen molar-refractivity contribution in [3.63, 3.8) is 0 Å². The molecule has 140 valence electrons. The van der Waals surface area contributed by atoms with Gasteiger partial charge in [0.05, 0.1) is 4.90 Å². The molecule has 0 spiro atoms. The summed E-state index contributed by atoms with van der Waals surface area (Å²) in [4.78, 5) is 11.8. The molecule has 0 aliphatic carbocycles. The van der Waals surface area contributed by atoms with E-state index in [1.807, 2.05) is 6.92 Å². The van der Waals surface area contributed by atoms with Gasteiger partial charge in [0.15, 0.2) is 18.2 Å². The first kappa shape index (κ1) is 20.3. The summed E-state index contributed by atoms with van der Waals surface area (Å²) in [6.07, 6.45) is 0. The number of halogens is 2. The Morgan fingerprint density at radius 2 is 1.85 bits per heavy atom. The van der Waals surface area contributed by atoms with Crippen molar-refractivity contribution in [1.82, 2.24) is 10.0 Å². The maximum absolute atomic E-state index is 13.6. The molecule has 0 aromatic heterocycles. The minimum absolute atomic E-state index is 0.0224. The molecule has 1 amide bonds. The van der Waals surface area contributed by atoms with Gasteiger partial charge in [-0.05, 0) is 37.3 Å². The lowest BCUT2D eigenvalue weighted by Gasteiger charge is -2.10. The molecule has 0 aliphatic rings. The highest BCUT2D eigenvalue weighted by Gasteiger charge is 2.13. The molecule has 0 bridgehead atoms. The van der Waals surface area contributed by atoms with Gasteiger partial charge in [-0.3, -0.25) is 4.79 Å². The molecule has 0 unspecified atom stereocenters. The summed E-state index contributed by atoms with van der Waals surface area (Å²) in [7, 11) is -3.63. The van der Waals surface area contributed by atoms with Crippen LogP contribution in [0.1, 0.15) is 5.56 Å². The van der Waals surface area contributed by atoms with Gasteiger partial charge < -0.3 is 10.1 Å². The Morgan fingerprint density at radius 1 is 1.15 bits per heavy atom. The molecule has 0 saturated carbocycles. The summed E-state index contributed by atoms with van der Waals surface area (Å²) in [6.45, 7) is 1.59. The molecule has 0 heterocycles. The Kier molecular flexibility index (Phi) is 7.13. The molecule has 0 atom stereocenters. The van der Waals surface area contributed by atoms with Crippen LogP contribution in [-0.2, 0) is 14.8 Å². The Morgan fingerprint density at radius 3 is 2.50 bits per heavy atom. The van der Waals surface area contributed by atoms with Crippen LogP contribution >= 0.6 is 15.9 Å². The third-order valence-electron chi connectivity index (χ3n) is 3.32. The van der Waals surface area contributed by atoms with Crippen molar-refractivity contribution in [3.05, 3.63) is 58.3 Å². The zero-order valence-corrected chi connectivity index (χ0v) is 16.4. The van der Waals surface area contributed by atoms with Crippen LogP contribution in [0.2, 0.25) is 0 Å². The molecular formula is C17H18BrFN2O4S. The summed E-state index contributed by atoms with van der Waals surface area (Å²) < 4.78 is 45.7. The van der Waals surface area contributed by atoms with Crippen LogP contribution < -0.4 is 14.8 Å². The van der Waals surface area contributed by atoms with Gasteiger partial charge in [-0.25, -0.2) is 17.5 Å². The summed E-state index contributed by atoms with van der Waals surface area (Å²) in [6, 6.07) is 10.7. The van der Waals surface area contributed by atoms with Crippen molar-refractivity contribution in [2.45, 2.75) is 11.8 Å². The number of amides is 1. The first-order chi connectivity index (χ1) is 12.3. The van der Waals surface area contributed by atoms with Gasteiger partial charge in [0.2, 0.25) is 10.0 Å². The normalized spacial score (nSPS) is 11.2. The number of ether oxygens (including phenoxy) is 1. The summed E-state index contributed by atoms with van der Waals surface area (Å²) in [5, 5.41) is 2.49. The number of hydrogen-bond donors (Lipinski definition) is 2. The van der Waals surface area contributed by atoms with E-state index in [4.69, 9.17) is 4.74 Å². The smallest absolute Gasteiger partial charge is 0.257 e. The Bertz CT molecular complexity index is 873. The van der Waals surface area contributed by atoms with Crippen LogP contribution in [-0.4, -0.2) is 34.0 Å². The highest BCUT2D eigenvalue weighted by molar-refractivity contribution is 9.10. The van der Waals surface area contributed by atoms with Crippen molar-refractivity contribution < 1.29 is 22.3 Å². The van der Waals surface area contributed by atoms with E-state index < -0.39 is 21.7 Å². The molecule has 2 N–H and O–H groups in total. The second-order valence-electron chi connectivity index (χ2n) is 5.42. The number of benzene rings is 2. The van der Waals surface area contributed by atoms with Crippen LogP contribution in [0.3, 0.4) is 0 Å². The Balaban J connectivity index is 1.73. The zero-order chi connectivity index (χ0) is 19.2. The molecule has 2 rings (SSSR count). The average molecular weight is 445 g/mol. The minimum Gasteiger partial charge on any atom is -0.481 e. The number of rotatable bonds is 8. The van der Waals surface area contributed by atoms with Gasteiger partial charge in [-0.15, -0.1) is 0 Å². The van der Waals surface area contributed by atoms with E-state index >= 15 is 0 Å². The Labute approximate surface area is 159 Å². The van der Waals surface area contributed by atoms with Crippen molar-refractivity contribution in [1.29, 1.82) is 0 Å². The van der Waals surface area contributed by atoms with E-state index in [0.717, 1.165) is 5.56 Å². The summed E-state index contributed by atoms with van der Waals surface area (Å²) >= 11 is 3.12. The fourth-order valence-corrected chi connectivity index (χ4v) is 3.34. The maximum Gasteiger partial charge on any atom is 0.257 e. The SMILES string of the molecule is Cc1ccc(S(=O)(=O)NCCNC(=O)COc2ccc(Br)cc2F)cc1. The maximum atomic E-state index is 13.6. The number of hydrogen-bond acceptors (Lipinski definition) is 4. The van der Waals surface area contributed by atoms with Crippen molar-refractivity contribution >= 4 is 31.9 Å². The lowest BCUT2D eigenvalue weighted by molar-refractivity contribution is -0.123. The second kappa shape index (κ2) is 9.11. The summed E-state index contributed by atoms with van der Waals surface area (Å²) in [5.41, 5.74) is 0.957. The van der Waals surface area contributed by atoms with Gasteiger partial charge in [0.25, 0.3) is 5.91 Å². The highest BCUT2D eigenvalue weighted by atomic mass is 79.9. The largest absolute Gasteiger partial charge is 0.481 e. The van der Waals surface area contributed by atoms with E-state index in [0.29, 0.717) is 4.47 Å². The molecule has 6 nitrogen and oxygen atoms in total. The van der Waals surface area contributed by atoms with Crippen molar-refractivity contribution in [2.24, 2.45) is 0 Å². The van der Waals surface area contributed by atoms with E-state index in [1.165, 1.54) is 24.3 Å². The molecule has 0 saturated heterocycles. The predicted molar refractivity (Wildman–Crippen MR) is 99.0 cm³/mol. The lowest BCUT2D eigenvalue weighted by Crippen LogP contribution is -2.36. The van der Waals surface area contributed by atoms with Gasteiger partial charge >= 0.3 is 0 Å². The molecular weight excluding hydrogens is 427 g/mol. The molecule has 2 aromatic carbocycles. The zero-order valence-electron chi connectivity index (χ0n) is 14.0. The topological polar surface area (TPSA) is 84.5 Å². The van der Waals surface area contributed by atoms with Crippen molar-refractivity contribution in [2.75, 3.05) is 19.7 Å². The standard InChI is InChI=1S/C17H18BrFN2O4S/c1-12-2-5-14(6-3-12)26(23,24)21-9-8-20-17(22)11-25-16-7-4-13(18)10-15(16)19/h2-7,10,21H,8-9,11H2,1H3,(H,20,22). The highest BCUT2D eigenvalue weighted by Crippen LogP contribution is 2.21. The Hall–Kier alpha value is -1.97. The third-order valence-corrected chi connectivity index (χ3v) is 5.29. The fraction of sp³-hybridized carbons (Fsp3) is 0.235. The van der Waals surface area contributed by atoms with Crippen LogP contribution in [0, 0.1) is 12.7 Å². The predicted octanol–water partition coefficient (Wildman–Crippen LogP) is 2.37. The van der Waals surface area contributed by atoms with Gasteiger partial charge in [0.1, 0.15) is 0 Å². The molecule has 9 heteroatoms. The molecule has 0 aliphatic heterocycles. The number of sulfonamides is 1. The van der Waals surface area contributed by atoms with E-state index in [1.54, 1.807) is 18.2 Å².